The molecule has 0 atom stereocenters. The number of hydrogen-bond acceptors (Lipinski definition) is 5. The molecule has 6 heteroatoms. The molecular formula is C17H18N2O3S. The third-order valence-corrected chi connectivity index (χ3v) is 4.42. The van der Waals surface area contributed by atoms with Crippen LogP contribution in [0.1, 0.15) is 46.7 Å². The Bertz CT molecular complexity index is 802. The number of aromatic nitrogens is 1. The zero-order valence-corrected chi connectivity index (χ0v) is 14.2. The lowest BCUT2D eigenvalue weighted by Gasteiger charge is -2.04. The van der Waals surface area contributed by atoms with Crippen molar-refractivity contribution in [2.45, 2.75) is 32.1 Å². The molecule has 0 unspecified atom stereocenters. The van der Waals surface area contributed by atoms with Crippen LogP contribution in [0, 0.1) is 18.3 Å². The minimum Gasteiger partial charge on any atom is -0.462 e. The molecule has 2 heterocycles. The molecule has 0 saturated carbocycles. The summed E-state index contributed by atoms with van der Waals surface area (Å²) < 4.78 is 6.91. The van der Waals surface area contributed by atoms with Gasteiger partial charge >= 0.3 is 5.97 Å². The van der Waals surface area contributed by atoms with Gasteiger partial charge in [-0.1, -0.05) is 0 Å². The lowest BCUT2D eigenvalue weighted by atomic mass is 10.2. The molecule has 0 bridgehead atoms. The monoisotopic (exact) mass is 330 g/mol. The SMILES string of the molecule is CCOC(=O)c1c(SCCC#N)c(C(C)=O)n2ccc(C)cc12. The zero-order valence-electron chi connectivity index (χ0n) is 13.4. The number of carbonyl (C=O) groups is 2. The minimum atomic E-state index is -0.442. The number of ketones is 1. The molecule has 2 aromatic heterocycles. The molecule has 0 N–H and O–H groups in total. The molecule has 0 spiro atoms. The van der Waals surface area contributed by atoms with Crippen LogP contribution in [0.4, 0.5) is 0 Å². The van der Waals surface area contributed by atoms with E-state index in [9.17, 15) is 9.59 Å². The molecule has 0 aliphatic rings. The van der Waals surface area contributed by atoms with E-state index in [-0.39, 0.29) is 12.4 Å². The van der Waals surface area contributed by atoms with Crippen LogP contribution < -0.4 is 0 Å². The van der Waals surface area contributed by atoms with Crippen molar-refractivity contribution in [3.63, 3.8) is 0 Å². The van der Waals surface area contributed by atoms with Crippen molar-refractivity contribution >= 4 is 29.0 Å². The molecule has 2 aromatic rings. The number of nitriles is 1. The van der Waals surface area contributed by atoms with Crippen molar-refractivity contribution in [2.24, 2.45) is 0 Å². The third kappa shape index (κ3) is 3.40. The normalized spacial score (nSPS) is 10.5. The number of nitrogens with zero attached hydrogens (tertiary/aromatic N) is 2. The zero-order chi connectivity index (χ0) is 17.0. The number of esters is 1. The Balaban J connectivity index is 2.72. The maximum Gasteiger partial charge on any atom is 0.341 e. The maximum absolute atomic E-state index is 12.4. The van der Waals surface area contributed by atoms with Crippen molar-refractivity contribution < 1.29 is 14.3 Å². The highest BCUT2D eigenvalue weighted by Gasteiger charge is 2.26. The van der Waals surface area contributed by atoms with E-state index in [4.69, 9.17) is 10.00 Å². The average molecular weight is 330 g/mol. The molecule has 0 saturated heterocycles. The number of rotatable bonds is 6. The van der Waals surface area contributed by atoms with Crippen LogP contribution in [0.3, 0.4) is 0 Å². The predicted octanol–water partition coefficient (Wildman–Crippen LogP) is 3.63. The van der Waals surface area contributed by atoms with E-state index in [1.807, 2.05) is 19.1 Å². The molecule has 0 aromatic carbocycles. The predicted molar refractivity (Wildman–Crippen MR) is 89.0 cm³/mol. The summed E-state index contributed by atoms with van der Waals surface area (Å²) in [5, 5.41) is 8.73. The van der Waals surface area contributed by atoms with E-state index < -0.39 is 5.97 Å². The number of aryl methyl sites for hydroxylation is 1. The van der Waals surface area contributed by atoms with Gasteiger partial charge in [0.1, 0.15) is 5.69 Å². The van der Waals surface area contributed by atoms with Crippen LogP contribution in [-0.4, -0.2) is 28.5 Å². The first kappa shape index (κ1) is 17.1. The Morgan fingerprint density at radius 1 is 1.43 bits per heavy atom. The lowest BCUT2D eigenvalue weighted by molar-refractivity contribution is 0.0525. The highest BCUT2D eigenvalue weighted by molar-refractivity contribution is 7.99. The van der Waals surface area contributed by atoms with Crippen LogP contribution in [0.15, 0.2) is 23.2 Å². The molecule has 5 nitrogen and oxygen atoms in total. The smallest absolute Gasteiger partial charge is 0.341 e. The standard InChI is InChI=1S/C17H18N2O3S/c1-4-22-17(21)14-13-10-11(2)6-8-19(13)15(12(3)20)16(14)23-9-5-7-18/h6,8,10H,4-5,9H2,1-3H3. The van der Waals surface area contributed by atoms with Gasteiger partial charge in [-0.15, -0.1) is 11.8 Å². The minimum absolute atomic E-state index is 0.126. The number of fused-ring (bicyclic) bond motifs is 1. The van der Waals surface area contributed by atoms with Crippen LogP contribution in [-0.2, 0) is 4.74 Å². The van der Waals surface area contributed by atoms with Crippen LogP contribution in [0.25, 0.3) is 5.52 Å². The second-order valence-corrected chi connectivity index (χ2v) is 6.15. The van der Waals surface area contributed by atoms with Crippen molar-refractivity contribution in [3.8, 4) is 6.07 Å². The van der Waals surface area contributed by atoms with E-state index in [1.54, 1.807) is 17.5 Å². The summed E-state index contributed by atoms with van der Waals surface area (Å²) in [6.45, 7) is 5.41. The second kappa shape index (κ2) is 7.34. The fourth-order valence-electron chi connectivity index (χ4n) is 2.41. The first-order valence-electron chi connectivity index (χ1n) is 7.33. The van der Waals surface area contributed by atoms with Gasteiger partial charge in [-0.25, -0.2) is 4.79 Å². The Morgan fingerprint density at radius 2 is 2.17 bits per heavy atom. The molecule has 0 fully saturated rings. The summed E-state index contributed by atoms with van der Waals surface area (Å²) in [4.78, 5) is 25.2. The highest BCUT2D eigenvalue weighted by atomic mass is 32.2. The molecule has 0 aliphatic carbocycles. The van der Waals surface area contributed by atoms with Gasteiger partial charge in [0.25, 0.3) is 0 Å². The summed E-state index contributed by atoms with van der Waals surface area (Å²) in [6.07, 6.45) is 2.13. The van der Waals surface area contributed by atoms with E-state index in [2.05, 4.69) is 6.07 Å². The summed E-state index contributed by atoms with van der Waals surface area (Å²) in [5.74, 6) is -0.0552. The van der Waals surface area contributed by atoms with Crippen molar-refractivity contribution in [1.29, 1.82) is 5.26 Å². The molecule has 2 rings (SSSR count). The maximum atomic E-state index is 12.4. The van der Waals surface area contributed by atoms with Gasteiger partial charge < -0.3 is 9.14 Å². The Labute approximate surface area is 139 Å². The first-order chi connectivity index (χ1) is 11.0. The number of hydrogen-bond donors (Lipinski definition) is 0. The second-order valence-electron chi connectivity index (χ2n) is 5.05. The molecule has 23 heavy (non-hydrogen) atoms. The summed E-state index contributed by atoms with van der Waals surface area (Å²) >= 11 is 1.35. The van der Waals surface area contributed by atoms with Crippen LogP contribution in [0.2, 0.25) is 0 Å². The van der Waals surface area contributed by atoms with Gasteiger partial charge in [0.2, 0.25) is 0 Å². The van der Waals surface area contributed by atoms with Crippen molar-refractivity contribution in [3.05, 3.63) is 35.2 Å². The Hall–Kier alpha value is -2.26. The van der Waals surface area contributed by atoms with Crippen molar-refractivity contribution in [2.75, 3.05) is 12.4 Å². The van der Waals surface area contributed by atoms with E-state index in [1.165, 1.54) is 18.7 Å². The van der Waals surface area contributed by atoms with Crippen LogP contribution >= 0.6 is 11.8 Å². The number of Topliss-reactive ketones (excluding diaryl/α,β-unsaturated/α-hetero) is 1. The molecular weight excluding hydrogens is 312 g/mol. The fraction of sp³-hybridized carbons (Fsp3) is 0.353. The Morgan fingerprint density at radius 3 is 2.78 bits per heavy atom. The number of carbonyl (C=O) groups excluding carboxylic acids is 2. The van der Waals surface area contributed by atoms with Gasteiger partial charge in [0.15, 0.2) is 5.78 Å². The third-order valence-electron chi connectivity index (χ3n) is 3.32. The summed E-state index contributed by atoms with van der Waals surface area (Å²) in [5.41, 5.74) is 2.52. The average Bonchev–Trinajstić information content (AvgIpc) is 2.81. The molecule has 0 radical (unpaired) electrons. The summed E-state index contributed by atoms with van der Waals surface area (Å²) in [6, 6.07) is 5.83. The van der Waals surface area contributed by atoms with Gasteiger partial charge in [0, 0.05) is 25.3 Å². The largest absolute Gasteiger partial charge is 0.462 e. The van der Waals surface area contributed by atoms with E-state index in [0.29, 0.717) is 33.8 Å². The van der Waals surface area contributed by atoms with E-state index >= 15 is 0 Å². The number of pyridine rings is 1. The van der Waals surface area contributed by atoms with Gasteiger partial charge in [-0.05, 0) is 31.5 Å². The summed E-state index contributed by atoms with van der Waals surface area (Å²) in [7, 11) is 0. The van der Waals surface area contributed by atoms with Crippen molar-refractivity contribution in [1.82, 2.24) is 4.40 Å². The highest BCUT2D eigenvalue weighted by Crippen LogP contribution is 2.34. The number of ether oxygens (including phenoxy) is 1. The Kier molecular flexibility index (Phi) is 5.45. The van der Waals surface area contributed by atoms with Gasteiger partial charge in [0.05, 0.1) is 28.7 Å². The topological polar surface area (TPSA) is 71.6 Å². The molecule has 0 aliphatic heterocycles. The van der Waals surface area contributed by atoms with E-state index in [0.717, 1.165) is 5.56 Å². The molecule has 120 valence electrons. The van der Waals surface area contributed by atoms with Gasteiger partial charge in [-0.3, -0.25) is 4.79 Å². The first-order valence-corrected chi connectivity index (χ1v) is 8.32. The molecule has 0 amide bonds. The fourth-order valence-corrected chi connectivity index (χ4v) is 3.52. The number of thioether (sulfide) groups is 1. The quantitative estimate of drug-likeness (QED) is 0.350. The van der Waals surface area contributed by atoms with Crippen LogP contribution in [0.5, 0.6) is 0 Å². The lowest BCUT2D eigenvalue weighted by Crippen LogP contribution is -2.06. The van der Waals surface area contributed by atoms with Gasteiger partial charge in [-0.2, -0.15) is 5.26 Å².